The van der Waals surface area contributed by atoms with Crippen LogP contribution in [0, 0.1) is 0 Å². The molecule has 0 radical (unpaired) electrons. The predicted molar refractivity (Wildman–Crippen MR) is 178 cm³/mol. The van der Waals surface area contributed by atoms with Gasteiger partial charge in [0.1, 0.15) is 12.4 Å². The first kappa shape index (κ1) is 33.2. The van der Waals surface area contributed by atoms with Gasteiger partial charge in [-0.3, -0.25) is 0 Å². The molecule has 0 aliphatic rings. The smallest absolute Gasteiger partial charge is 0.247 e. The SMILES string of the molecule is CCCCCCCCCCCCC(c1[nH]cc[n+]1CCCCCCCC)C(C)(Cc1ccccc1)c1ccccc1. The van der Waals surface area contributed by atoms with Gasteiger partial charge in [-0.1, -0.05) is 171 Å². The molecule has 0 amide bonds. The van der Waals surface area contributed by atoms with Crippen molar-refractivity contribution in [1.29, 1.82) is 0 Å². The van der Waals surface area contributed by atoms with Crippen LogP contribution in [-0.4, -0.2) is 4.98 Å². The number of imidazole rings is 1. The molecule has 0 aliphatic carbocycles. The number of H-pyrrole nitrogens is 1. The number of hydrogen-bond donors (Lipinski definition) is 1. The maximum atomic E-state index is 3.78. The van der Waals surface area contributed by atoms with Gasteiger partial charge < -0.3 is 0 Å². The van der Waals surface area contributed by atoms with Gasteiger partial charge >= 0.3 is 0 Å². The van der Waals surface area contributed by atoms with Crippen LogP contribution < -0.4 is 4.57 Å². The van der Waals surface area contributed by atoms with Crippen molar-refractivity contribution in [3.8, 4) is 0 Å². The lowest BCUT2D eigenvalue weighted by atomic mass is 9.66. The van der Waals surface area contributed by atoms with Crippen LogP contribution in [0.1, 0.15) is 153 Å². The lowest BCUT2D eigenvalue weighted by Gasteiger charge is -2.37. The Balaban J connectivity index is 1.74. The van der Waals surface area contributed by atoms with Crippen molar-refractivity contribution < 1.29 is 4.57 Å². The minimum atomic E-state index is 0.00954. The van der Waals surface area contributed by atoms with Crippen LogP contribution in [0.4, 0.5) is 0 Å². The van der Waals surface area contributed by atoms with Gasteiger partial charge in [0.15, 0.2) is 0 Å². The number of aryl methyl sites for hydroxylation is 1. The molecule has 0 spiro atoms. The number of benzene rings is 2. The second-order valence-corrected chi connectivity index (χ2v) is 12.8. The van der Waals surface area contributed by atoms with E-state index in [1.165, 1.54) is 126 Å². The number of nitrogens with zero attached hydrogens (tertiary/aromatic N) is 1. The van der Waals surface area contributed by atoms with Crippen LogP contribution >= 0.6 is 0 Å². The Morgan fingerprint density at radius 3 is 1.73 bits per heavy atom. The zero-order valence-corrected chi connectivity index (χ0v) is 26.9. The highest BCUT2D eigenvalue weighted by Gasteiger charge is 2.41. The molecule has 2 atom stereocenters. The molecule has 1 heterocycles. The minimum Gasteiger partial charge on any atom is -0.247 e. The Labute approximate surface area is 253 Å². The summed E-state index contributed by atoms with van der Waals surface area (Å²) in [5, 5.41) is 0. The summed E-state index contributed by atoms with van der Waals surface area (Å²) >= 11 is 0. The number of aromatic amines is 1. The Hall–Kier alpha value is -2.35. The third-order valence-corrected chi connectivity index (χ3v) is 9.34. The fourth-order valence-electron chi connectivity index (χ4n) is 6.79. The van der Waals surface area contributed by atoms with Crippen LogP contribution in [-0.2, 0) is 18.4 Å². The molecule has 0 bridgehead atoms. The van der Waals surface area contributed by atoms with Gasteiger partial charge in [-0.25, -0.2) is 9.55 Å². The highest BCUT2D eigenvalue weighted by Crippen LogP contribution is 2.43. The molecular weight excluding hydrogens is 496 g/mol. The molecule has 3 aromatic rings. The van der Waals surface area contributed by atoms with E-state index < -0.39 is 0 Å². The molecule has 2 aromatic carbocycles. The molecule has 1 aromatic heterocycles. The fraction of sp³-hybridized carbons (Fsp3) is 0.615. The van der Waals surface area contributed by atoms with Gasteiger partial charge in [0.2, 0.25) is 0 Å². The lowest BCUT2D eigenvalue weighted by Crippen LogP contribution is -2.43. The van der Waals surface area contributed by atoms with Crippen molar-refractivity contribution in [3.63, 3.8) is 0 Å². The molecule has 41 heavy (non-hydrogen) atoms. The molecular formula is C39H61N2+. The van der Waals surface area contributed by atoms with Crippen molar-refractivity contribution in [3.05, 3.63) is 90.0 Å². The van der Waals surface area contributed by atoms with Gasteiger partial charge in [0, 0.05) is 5.41 Å². The molecule has 2 heteroatoms. The maximum absolute atomic E-state index is 3.78. The molecule has 0 saturated heterocycles. The van der Waals surface area contributed by atoms with Crippen molar-refractivity contribution in [2.75, 3.05) is 0 Å². The van der Waals surface area contributed by atoms with E-state index >= 15 is 0 Å². The summed E-state index contributed by atoms with van der Waals surface area (Å²) in [6, 6.07) is 22.5. The van der Waals surface area contributed by atoms with Crippen LogP contribution in [0.2, 0.25) is 0 Å². The van der Waals surface area contributed by atoms with Crippen molar-refractivity contribution in [2.24, 2.45) is 0 Å². The average Bonchev–Trinajstić information content (AvgIpc) is 3.46. The Kier molecular flexibility index (Phi) is 15.9. The Morgan fingerprint density at radius 2 is 1.15 bits per heavy atom. The third kappa shape index (κ3) is 11.4. The summed E-state index contributed by atoms with van der Waals surface area (Å²) in [5.74, 6) is 1.87. The minimum absolute atomic E-state index is 0.00954. The van der Waals surface area contributed by atoms with Crippen LogP contribution in [0.3, 0.4) is 0 Å². The quantitative estimate of drug-likeness (QED) is 0.0883. The average molecular weight is 558 g/mol. The third-order valence-electron chi connectivity index (χ3n) is 9.34. The standard InChI is InChI=1S/C39H60N2/c1-4-6-8-10-12-13-14-15-16-24-30-37(38-40-31-33-41(38)32-25-17-11-9-7-5-2)39(3,36-28-22-19-23-29-36)34-35-26-20-18-21-27-35/h18-23,26-29,31,33,37H,4-17,24-25,30,32,34H2,1-3H3/p+1. The van der Waals surface area contributed by atoms with Gasteiger partial charge in [-0.05, 0) is 36.8 Å². The zero-order chi connectivity index (χ0) is 29.0. The first-order valence-electron chi connectivity index (χ1n) is 17.3. The van der Waals surface area contributed by atoms with E-state index in [1.54, 1.807) is 0 Å². The predicted octanol–water partition coefficient (Wildman–Crippen LogP) is 11.3. The van der Waals surface area contributed by atoms with E-state index in [0.717, 1.165) is 13.0 Å². The summed E-state index contributed by atoms with van der Waals surface area (Å²) in [6.45, 7) is 8.26. The van der Waals surface area contributed by atoms with Crippen LogP contribution in [0.5, 0.6) is 0 Å². The van der Waals surface area contributed by atoms with E-state index in [2.05, 4.69) is 103 Å². The van der Waals surface area contributed by atoms with E-state index in [4.69, 9.17) is 0 Å². The van der Waals surface area contributed by atoms with Crippen LogP contribution in [0.25, 0.3) is 0 Å². The molecule has 3 rings (SSSR count). The highest BCUT2D eigenvalue weighted by atomic mass is 15.1. The monoisotopic (exact) mass is 557 g/mol. The second-order valence-electron chi connectivity index (χ2n) is 12.8. The van der Waals surface area contributed by atoms with Gasteiger partial charge in [0.25, 0.3) is 5.82 Å². The topological polar surface area (TPSA) is 19.7 Å². The second kappa shape index (κ2) is 19.7. The lowest BCUT2D eigenvalue weighted by molar-refractivity contribution is -0.705. The summed E-state index contributed by atoms with van der Waals surface area (Å²) in [4.78, 5) is 3.78. The largest absolute Gasteiger partial charge is 0.258 e. The first-order chi connectivity index (χ1) is 20.2. The van der Waals surface area contributed by atoms with E-state index in [-0.39, 0.29) is 5.41 Å². The highest BCUT2D eigenvalue weighted by molar-refractivity contribution is 5.32. The zero-order valence-electron chi connectivity index (χ0n) is 26.9. The van der Waals surface area contributed by atoms with E-state index in [0.29, 0.717) is 5.92 Å². The van der Waals surface area contributed by atoms with Gasteiger partial charge in [-0.15, -0.1) is 0 Å². The normalized spacial score (nSPS) is 13.7. The maximum Gasteiger partial charge on any atom is 0.258 e. The fourth-order valence-corrected chi connectivity index (χ4v) is 6.79. The number of rotatable bonds is 23. The molecule has 2 unspecified atom stereocenters. The Morgan fingerprint density at radius 1 is 0.634 bits per heavy atom. The Bertz CT molecular complexity index is 1020. The van der Waals surface area contributed by atoms with Crippen LogP contribution in [0.15, 0.2) is 73.1 Å². The molecule has 2 nitrogen and oxygen atoms in total. The first-order valence-corrected chi connectivity index (χ1v) is 17.3. The molecule has 1 N–H and O–H groups in total. The molecule has 0 aliphatic heterocycles. The number of aromatic nitrogens is 2. The van der Waals surface area contributed by atoms with E-state index in [9.17, 15) is 0 Å². The molecule has 226 valence electrons. The van der Waals surface area contributed by atoms with Crippen molar-refractivity contribution in [1.82, 2.24) is 4.98 Å². The van der Waals surface area contributed by atoms with Gasteiger partial charge in [-0.2, -0.15) is 0 Å². The summed E-state index contributed by atoms with van der Waals surface area (Å²) < 4.78 is 2.56. The summed E-state index contributed by atoms with van der Waals surface area (Å²) in [6.07, 6.45) is 28.7. The number of nitrogens with one attached hydrogen (secondary N) is 1. The number of hydrogen-bond acceptors (Lipinski definition) is 0. The molecule has 0 saturated carbocycles. The van der Waals surface area contributed by atoms with E-state index in [1.807, 2.05) is 0 Å². The van der Waals surface area contributed by atoms with Gasteiger partial charge in [0.05, 0.1) is 12.5 Å². The summed E-state index contributed by atoms with van der Waals surface area (Å²) in [5.41, 5.74) is 2.90. The summed E-state index contributed by atoms with van der Waals surface area (Å²) in [7, 11) is 0. The van der Waals surface area contributed by atoms with Crippen molar-refractivity contribution in [2.45, 2.75) is 154 Å². The molecule has 0 fully saturated rings. The number of unbranched alkanes of at least 4 members (excludes halogenated alkanes) is 14. The van der Waals surface area contributed by atoms with Crippen molar-refractivity contribution >= 4 is 0 Å².